The molecule has 0 fully saturated rings. The minimum absolute atomic E-state index is 0.122. The zero-order valence-electron chi connectivity index (χ0n) is 23.5. The van der Waals surface area contributed by atoms with Crippen LogP contribution in [0.1, 0.15) is 20.8 Å². The van der Waals surface area contributed by atoms with Gasteiger partial charge < -0.3 is 15.3 Å². The van der Waals surface area contributed by atoms with Crippen molar-refractivity contribution >= 4 is 61.5 Å². The quantitative estimate of drug-likeness (QED) is 0.225. The van der Waals surface area contributed by atoms with Crippen LogP contribution in [0.25, 0.3) is 16.7 Å². The van der Waals surface area contributed by atoms with E-state index in [0.29, 0.717) is 11.2 Å². The Bertz CT molecular complexity index is 1660. The van der Waals surface area contributed by atoms with Crippen LogP contribution in [-0.4, -0.2) is 67.2 Å². The summed E-state index contributed by atoms with van der Waals surface area (Å²) in [7, 11) is -0.410. The topological polar surface area (TPSA) is 108 Å². The maximum atomic E-state index is 14.1. The van der Waals surface area contributed by atoms with Crippen molar-refractivity contribution in [2.45, 2.75) is 31.7 Å². The highest BCUT2D eigenvalue weighted by Crippen LogP contribution is 2.37. The molecule has 0 aliphatic heterocycles. The number of carboxylic acid groups (broad SMARTS) is 1. The van der Waals surface area contributed by atoms with Gasteiger partial charge in [-0.05, 0) is 74.1 Å². The van der Waals surface area contributed by atoms with Crippen LogP contribution in [0.3, 0.4) is 0 Å². The first-order valence-corrected chi connectivity index (χ1v) is 15.1. The third kappa shape index (κ3) is 6.62. The smallest absolute Gasteiger partial charge is 0.328 e. The van der Waals surface area contributed by atoms with Crippen molar-refractivity contribution in [3.63, 3.8) is 0 Å². The number of carbonyl (C=O) groups is 1. The standard InChI is InChI=1S/C29H33Cl2N5O4S/c1-29(2,3)26(28(37)38)36(41(39,40)23-17-20(30)16-21(31)18-23)22-8-9-25-19(15-22)10-13-35(25)27-24(7-6-11-33-27)32-12-14-34(4)5/h6-11,13,15-18,26,32H,12,14H2,1-5H3,(H,37,38). The molecule has 0 radical (unpaired) electrons. The SMILES string of the molecule is CN(C)CCNc1cccnc1-n1ccc2cc(N(C(C(=O)O)C(C)(C)C)S(=O)(=O)c3cc(Cl)cc(Cl)c3)ccc21. The van der Waals surface area contributed by atoms with E-state index in [0.717, 1.165) is 28.6 Å². The van der Waals surface area contributed by atoms with Gasteiger partial charge in [0.1, 0.15) is 6.04 Å². The maximum Gasteiger partial charge on any atom is 0.328 e. The number of fused-ring (bicyclic) bond motifs is 1. The van der Waals surface area contributed by atoms with Gasteiger partial charge in [0.05, 0.1) is 21.8 Å². The van der Waals surface area contributed by atoms with E-state index in [1.54, 1.807) is 45.2 Å². The van der Waals surface area contributed by atoms with Crippen molar-refractivity contribution in [3.05, 3.63) is 77.0 Å². The van der Waals surface area contributed by atoms with Gasteiger partial charge in [0.15, 0.2) is 5.82 Å². The van der Waals surface area contributed by atoms with E-state index in [1.165, 1.54) is 18.2 Å². The molecular weight excluding hydrogens is 585 g/mol. The number of nitrogens with one attached hydrogen (secondary N) is 1. The Morgan fingerprint density at radius 1 is 1.07 bits per heavy atom. The minimum atomic E-state index is -4.41. The normalized spacial score (nSPS) is 13.0. The number of pyridine rings is 1. The lowest BCUT2D eigenvalue weighted by molar-refractivity contribution is -0.140. The Hall–Kier alpha value is -3.31. The number of aliphatic carboxylic acids is 1. The lowest BCUT2D eigenvalue weighted by Crippen LogP contribution is -2.52. The van der Waals surface area contributed by atoms with E-state index in [2.05, 4.69) is 15.2 Å². The summed E-state index contributed by atoms with van der Waals surface area (Å²) >= 11 is 12.3. The van der Waals surface area contributed by atoms with Crippen LogP contribution in [0.15, 0.2) is 71.9 Å². The van der Waals surface area contributed by atoms with E-state index in [9.17, 15) is 18.3 Å². The molecule has 9 nitrogen and oxygen atoms in total. The molecule has 4 rings (SSSR count). The first-order chi connectivity index (χ1) is 19.2. The summed E-state index contributed by atoms with van der Waals surface area (Å²) in [5.41, 5.74) is 0.841. The van der Waals surface area contributed by atoms with Gasteiger partial charge in [0, 0.05) is 40.9 Å². The van der Waals surface area contributed by atoms with Crippen LogP contribution in [-0.2, 0) is 14.8 Å². The van der Waals surface area contributed by atoms with Crippen molar-refractivity contribution in [1.82, 2.24) is 14.5 Å². The third-order valence-electron chi connectivity index (χ3n) is 6.50. The van der Waals surface area contributed by atoms with E-state index in [4.69, 9.17) is 23.2 Å². The van der Waals surface area contributed by atoms with Crippen LogP contribution in [0, 0.1) is 5.41 Å². The number of hydrogen-bond donors (Lipinski definition) is 2. The molecule has 41 heavy (non-hydrogen) atoms. The van der Waals surface area contributed by atoms with Gasteiger partial charge in [-0.3, -0.25) is 8.87 Å². The molecule has 0 amide bonds. The molecule has 2 aromatic heterocycles. The molecule has 0 saturated heterocycles. The summed E-state index contributed by atoms with van der Waals surface area (Å²) in [5.74, 6) is -0.598. The fourth-order valence-corrected chi connectivity index (χ4v) is 7.14. The van der Waals surface area contributed by atoms with Crippen molar-refractivity contribution in [3.8, 4) is 5.82 Å². The molecule has 0 aliphatic carbocycles. The average Bonchev–Trinajstić information content (AvgIpc) is 3.28. The number of aromatic nitrogens is 2. The molecule has 1 unspecified atom stereocenters. The highest BCUT2D eigenvalue weighted by molar-refractivity contribution is 7.93. The van der Waals surface area contributed by atoms with Crippen LogP contribution in [0.4, 0.5) is 11.4 Å². The Labute approximate surface area is 250 Å². The molecule has 2 aromatic carbocycles. The molecule has 0 spiro atoms. The molecule has 1 atom stereocenters. The van der Waals surface area contributed by atoms with Crippen LogP contribution < -0.4 is 9.62 Å². The van der Waals surface area contributed by atoms with E-state index >= 15 is 0 Å². The van der Waals surface area contributed by atoms with Gasteiger partial charge in [-0.25, -0.2) is 18.2 Å². The lowest BCUT2D eigenvalue weighted by atomic mass is 9.86. The second kappa shape index (κ2) is 11.9. The summed E-state index contributed by atoms with van der Waals surface area (Å²) in [4.78, 5) is 19.1. The highest BCUT2D eigenvalue weighted by Gasteiger charge is 2.43. The number of benzene rings is 2. The predicted octanol–water partition coefficient (Wildman–Crippen LogP) is 6.00. The monoisotopic (exact) mass is 617 g/mol. The highest BCUT2D eigenvalue weighted by atomic mass is 35.5. The van der Waals surface area contributed by atoms with Gasteiger partial charge in [0.25, 0.3) is 10.0 Å². The Morgan fingerprint density at radius 3 is 2.37 bits per heavy atom. The van der Waals surface area contributed by atoms with Gasteiger partial charge in [-0.1, -0.05) is 44.0 Å². The number of rotatable bonds is 10. The molecule has 4 aromatic rings. The van der Waals surface area contributed by atoms with E-state index in [-0.39, 0.29) is 20.6 Å². The maximum absolute atomic E-state index is 14.1. The second-order valence-electron chi connectivity index (χ2n) is 11.0. The van der Waals surface area contributed by atoms with Gasteiger partial charge in [-0.2, -0.15) is 0 Å². The Balaban J connectivity index is 1.86. The van der Waals surface area contributed by atoms with Crippen molar-refractivity contribution < 1.29 is 18.3 Å². The summed E-state index contributed by atoms with van der Waals surface area (Å²) in [5, 5.41) is 14.6. The first-order valence-electron chi connectivity index (χ1n) is 12.9. The molecule has 218 valence electrons. The summed E-state index contributed by atoms with van der Waals surface area (Å²) in [6.45, 7) is 6.60. The molecule has 2 heterocycles. The van der Waals surface area contributed by atoms with Crippen LogP contribution >= 0.6 is 23.2 Å². The number of likely N-dealkylation sites (N-methyl/N-ethyl adjacent to an activating group) is 1. The summed E-state index contributed by atoms with van der Waals surface area (Å²) < 4.78 is 31.1. The Kier molecular flexibility index (Phi) is 8.89. The molecular formula is C29H33Cl2N5O4S. The number of hydrogen-bond acceptors (Lipinski definition) is 6. The predicted molar refractivity (Wildman–Crippen MR) is 165 cm³/mol. The molecule has 0 aliphatic rings. The molecule has 2 N–H and O–H groups in total. The zero-order chi connectivity index (χ0) is 30.1. The van der Waals surface area contributed by atoms with E-state index < -0.39 is 27.4 Å². The molecule has 12 heteroatoms. The van der Waals surface area contributed by atoms with Gasteiger partial charge in [0.2, 0.25) is 0 Å². The third-order valence-corrected chi connectivity index (χ3v) is 8.71. The number of carboxylic acids is 1. The summed E-state index contributed by atoms with van der Waals surface area (Å²) in [6.07, 6.45) is 3.56. The number of nitrogens with zero attached hydrogens (tertiary/aromatic N) is 4. The zero-order valence-corrected chi connectivity index (χ0v) is 25.8. The van der Waals surface area contributed by atoms with Gasteiger partial charge >= 0.3 is 5.97 Å². The first kappa shape index (κ1) is 30.6. The lowest BCUT2D eigenvalue weighted by Gasteiger charge is -2.37. The number of halogens is 2. The number of sulfonamides is 1. The molecule has 0 saturated carbocycles. The molecule has 0 bridgehead atoms. The second-order valence-corrected chi connectivity index (χ2v) is 13.7. The van der Waals surface area contributed by atoms with Crippen molar-refractivity contribution in [1.29, 1.82) is 0 Å². The van der Waals surface area contributed by atoms with E-state index in [1.807, 2.05) is 43.1 Å². The fourth-order valence-electron chi connectivity index (χ4n) is 4.63. The summed E-state index contributed by atoms with van der Waals surface area (Å²) in [6, 6.07) is 13.2. The van der Waals surface area contributed by atoms with Crippen molar-refractivity contribution in [2.75, 3.05) is 36.8 Å². The van der Waals surface area contributed by atoms with Crippen LogP contribution in [0.2, 0.25) is 10.0 Å². The van der Waals surface area contributed by atoms with Crippen molar-refractivity contribution in [2.24, 2.45) is 5.41 Å². The van der Waals surface area contributed by atoms with Gasteiger partial charge in [-0.15, -0.1) is 0 Å². The largest absolute Gasteiger partial charge is 0.480 e. The minimum Gasteiger partial charge on any atom is -0.480 e. The number of anilines is 2. The Morgan fingerprint density at radius 2 is 1.76 bits per heavy atom. The van der Waals surface area contributed by atoms with Crippen LogP contribution in [0.5, 0.6) is 0 Å². The fraction of sp³-hybridized carbons (Fsp3) is 0.310. The average molecular weight is 619 g/mol.